The molecule has 0 aliphatic heterocycles. The van der Waals surface area contributed by atoms with Crippen molar-refractivity contribution in [2.45, 2.75) is 11.3 Å². The highest BCUT2D eigenvalue weighted by atomic mass is 35.5. The third-order valence-electron chi connectivity index (χ3n) is 3.37. The second kappa shape index (κ2) is 8.46. The summed E-state index contributed by atoms with van der Waals surface area (Å²) in [7, 11) is -3.23. The summed E-state index contributed by atoms with van der Waals surface area (Å²) in [6, 6.07) is 10.9. The molecule has 0 radical (unpaired) electrons. The molecule has 0 saturated carbocycles. The fourth-order valence-corrected chi connectivity index (χ4v) is 3.39. The van der Waals surface area contributed by atoms with Gasteiger partial charge in [-0.3, -0.25) is 0 Å². The van der Waals surface area contributed by atoms with Crippen molar-refractivity contribution in [1.82, 2.24) is 5.32 Å². The molecule has 0 amide bonds. The summed E-state index contributed by atoms with van der Waals surface area (Å²) in [6.07, 6.45) is 1.79. The van der Waals surface area contributed by atoms with Gasteiger partial charge in [0.2, 0.25) is 0 Å². The van der Waals surface area contributed by atoms with Crippen LogP contribution in [0.1, 0.15) is 5.56 Å². The van der Waals surface area contributed by atoms with Crippen molar-refractivity contribution >= 4 is 21.4 Å². The summed E-state index contributed by atoms with van der Waals surface area (Å²) in [4.78, 5) is 0.356. The summed E-state index contributed by atoms with van der Waals surface area (Å²) >= 11 is 5.91. The molecule has 24 heavy (non-hydrogen) atoms. The van der Waals surface area contributed by atoms with E-state index in [0.29, 0.717) is 41.8 Å². The van der Waals surface area contributed by atoms with Gasteiger partial charge in [0.15, 0.2) is 9.84 Å². The van der Waals surface area contributed by atoms with Crippen molar-refractivity contribution in [3.63, 3.8) is 0 Å². The van der Waals surface area contributed by atoms with Crippen molar-refractivity contribution in [3.05, 3.63) is 58.9 Å². The van der Waals surface area contributed by atoms with Gasteiger partial charge in [-0.15, -0.1) is 0 Å². The van der Waals surface area contributed by atoms with E-state index in [0.717, 1.165) is 5.56 Å². The lowest BCUT2D eigenvalue weighted by Crippen LogP contribution is -2.24. The Balaban J connectivity index is 1.77. The van der Waals surface area contributed by atoms with Crippen LogP contribution in [0.25, 0.3) is 0 Å². The Kier molecular flexibility index (Phi) is 6.60. The van der Waals surface area contributed by atoms with Gasteiger partial charge in [-0.2, -0.15) is 0 Å². The Hall–Kier alpha value is -1.63. The van der Waals surface area contributed by atoms with Crippen LogP contribution in [-0.2, 0) is 16.3 Å². The first kappa shape index (κ1) is 18.7. The summed E-state index contributed by atoms with van der Waals surface area (Å²) in [6.45, 7) is 1.47. The highest BCUT2D eigenvalue weighted by molar-refractivity contribution is 7.90. The number of hydrogen-bond donors (Lipinski definition) is 1. The van der Waals surface area contributed by atoms with Crippen LogP contribution >= 0.6 is 11.6 Å². The average molecular weight is 372 g/mol. The zero-order chi connectivity index (χ0) is 17.6. The monoisotopic (exact) mass is 371 g/mol. The van der Waals surface area contributed by atoms with E-state index in [1.807, 2.05) is 6.07 Å². The number of hydrogen-bond acceptors (Lipinski definition) is 4. The number of rotatable bonds is 8. The van der Waals surface area contributed by atoms with Crippen LogP contribution in [0.15, 0.2) is 47.4 Å². The topological polar surface area (TPSA) is 55.4 Å². The van der Waals surface area contributed by atoms with Crippen molar-refractivity contribution in [3.8, 4) is 5.75 Å². The molecule has 2 aromatic carbocycles. The Morgan fingerprint density at radius 2 is 1.92 bits per heavy atom. The highest BCUT2D eigenvalue weighted by Gasteiger charge is 2.11. The van der Waals surface area contributed by atoms with E-state index < -0.39 is 15.7 Å². The third-order valence-corrected chi connectivity index (χ3v) is 4.88. The molecule has 4 nitrogen and oxygen atoms in total. The molecular formula is C17H19ClFNO3S. The molecule has 1 N–H and O–H groups in total. The fourth-order valence-electron chi connectivity index (χ4n) is 2.24. The van der Waals surface area contributed by atoms with Gasteiger partial charge < -0.3 is 10.1 Å². The minimum atomic E-state index is -3.23. The van der Waals surface area contributed by atoms with Crippen LogP contribution in [0.3, 0.4) is 0 Å². The van der Waals surface area contributed by atoms with Crippen LogP contribution in [0, 0.1) is 5.82 Å². The Labute approximate surface area is 146 Å². The smallest absolute Gasteiger partial charge is 0.175 e. The fraction of sp³-hybridized carbons (Fsp3) is 0.294. The molecule has 0 heterocycles. The first-order valence-corrected chi connectivity index (χ1v) is 9.71. The van der Waals surface area contributed by atoms with Crippen LogP contribution in [0.4, 0.5) is 4.39 Å². The average Bonchev–Trinajstić information content (AvgIpc) is 2.53. The first-order chi connectivity index (χ1) is 11.4. The van der Waals surface area contributed by atoms with Gasteiger partial charge in [0, 0.05) is 18.9 Å². The van der Waals surface area contributed by atoms with Crippen molar-refractivity contribution < 1.29 is 17.5 Å². The van der Waals surface area contributed by atoms with Gasteiger partial charge >= 0.3 is 0 Å². The normalized spacial score (nSPS) is 11.5. The molecule has 0 saturated heterocycles. The molecule has 130 valence electrons. The first-order valence-electron chi connectivity index (χ1n) is 7.44. The molecular weight excluding hydrogens is 353 g/mol. The molecule has 0 spiro atoms. The van der Waals surface area contributed by atoms with E-state index in [1.165, 1.54) is 24.5 Å². The van der Waals surface area contributed by atoms with Crippen molar-refractivity contribution in [2.24, 2.45) is 0 Å². The van der Waals surface area contributed by atoms with Crippen molar-refractivity contribution in [1.29, 1.82) is 0 Å². The maximum absolute atomic E-state index is 13.1. The van der Waals surface area contributed by atoms with Crippen LogP contribution in [0.5, 0.6) is 5.75 Å². The second-order valence-electron chi connectivity index (χ2n) is 5.30. The van der Waals surface area contributed by atoms with Gasteiger partial charge in [0.05, 0.1) is 9.92 Å². The molecule has 0 aromatic heterocycles. The number of benzene rings is 2. The summed E-state index contributed by atoms with van der Waals surface area (Å²) in [5.41, 5.74) is 0.779. The molecule has 7 heteroatoms. The molecule has 2 aromatic rings. The Morgan fingerprint density at radius 1 is 1.17 bits per heavy atom. The maximum atomic E-state index is 13.1. The molecule has 0 aliphatic carbocycles. The number of sulfone groups is 1. The maximum Gasteiger partial charge on any atom is 0.175 e. The molecule has 0 unspecified atom stereocenters. The van der Waals surface area contributed by atoms with Crippen LogP contribution in [0.2, 0.25) is 5.02 Å². The molecule has 0 bridgehead atoms. The van der Waals surface area contributed by atoms with Gasteiger partial charge in [-0.1, -0.05) is 29.8 Å². The summed E-state index contributed by atoms with van der Waals surface area (Å²) in [5, 5.41) is 3.52. The van der Waals surface area contributed by atoms with E-state index in [-0.39, 0.29) is 0 Å². The largest absolute Gasteiger partial charge is 0.491 e. The lowest BCUT2D eigenvalue weighted by molar-refractivity contribution is 0.313. The van der Waals surface area contributed by atoms with E-state index in [1.54, 1.807) is 18.2 Å². The van der Waals surface area contributed by atoms with Crippen LogP contribution < -0.4 is 10.1 Å². The predicted molar refractivity (Wildman–Crippen MR) is 93.0 cm³/mol. The van der Waals surface area contributed by atoms with Gasteiger partial charge in [0.25, 0.3) is 0 Å². The van der Waals surface area contributed by atoms with E-state index in [2.05, 4.69) is 5.32 Å². The van der Waals surface area contributed by atoms with E-state index in [4.69, 9.17) is 16.3 Å². The highest BCUT2D eigenvalue weighted by Crippen LogP contribution is 2.24. The number of halogens is 2. The van der Waals surface area contributed by atoms with E-state index in [9.17, 15) is 12.8 Å². The predicted octanol–water partition coefficient (Wildman–Crippen LogP) is 3.09. The minimum Gasteiger partial charge on any atom is -0.491 e. The lowest BCUT2D eigenvalue weighted by Gasteiger charge is -2.10. The minimum absolute atomic E-state index is 0.306. The number of ether oxygens (including phenoxy) is 1. The third kappa shape index (κ3) is 5.47. The summed E-state index contributed by atoms with van der Waals surface area (Å²) in [5.74, 6) is -0.0966. The standard InChI is InChI=1S/C17H19ClFNO3S/c1-24(21,22)17-5-3-2-4-13(17)8-9-20-10-11-23-16-12-14(19)6-7-15(16)18/h2-7,12,20H,8-11H2,1H3. The van der Waals surface area contributed by atoms with E-state index >= 15 is 0 Å². The van der Waals surface area contributed by atoms with Crippen LogP contribution in [-0.4, -0.2) is 34.4 Å². The molecule has 0 aliphatic rings. The van der Waals surface area contributed by atoms with Gasteiger partial charge in [-0.05, 0) is 36.7 Å². The van der Waals surface area contributed by atoms with Gasteiger partial charge in [0.1, 0.15) is 18.2 Å². The Morgan fingerprint density at radius 3 is 2.67 bits per heavy atom. The molecule has 0 fully saturated rings. The zero-order valence-electron chi connectivity index (χ0n) is 13.3. The SMILES string of the molecule is CS(=O)(=O)c1ccccc1CCNCCOc1cc(F)ccc1Cl. The summed E-state index contributed by atoms with van der Waals surface area (Å²) < 4.78 is 42.0. The number of nitrogens with one attached hydrogen (secondary N) is 1. The molecule has 0 atom stereocenters. The second-order valence-corrected chi connectivity index (χ2v) is 7.69. The zero-order valence-corrected chi connectivity index (χ0v) is 14.8. The molecule has 2 rings (SSSR count). The van der Waals surface area contributed by atoms with Gasteiger partial charge in [-0.25, -0.2) is 12.8 Å². The Bertz CT molecular complexity index is 796. The lowest BCUT2D eigenvalue weighted by atomic mass is 10.1. The van der Waals surface area contributed by atoms with Crippen molar-refractivity contribution in [2.75, 3.05) is 26.0 Å². The quantitative estimate of drug-likeness (QED) is 0.724.